The topological polar surface area (TPSA) is 71.2 Å². The molecule has 22 heavy (non-hydrogen) atoms. The van der Waals surface area contributed by atoms with E-state index in [2.05, 4.69) is 22.1 Å². The number of amides is 1. The highest BCUT2D eigenvalue weighted by molar-refractivity contribution is 5.99. The molecule has 2 heterocycles. The van der Waals surface area contributed by atoms with Gasteiger partial charge in [0.05, 0.1) is 5.56 Å². The Labute approximate surface area is 133 Å². The average Bonchev–Trinajstić information content (AvgIpc) is 2.59. The van der Waals surface area contributed by atoms with Crippen LogP contribution in [-0.2, 0) is 0 Å². The van der Waals surface area contributed by atoms with Gasteiger partial charge in [-0.25, -0.2) is 4.98 Å². The van der Waals surface area contributed by atoms with Crippen molar-refractivity contribution in [3.8, 4) is 0 Å². The first-order valence-electron chi connectivity index (χ1n) is 8.47. The summed E-state index contributed by atoms with van der Waals surface area (Å²) in [6.45, 7) is 4.58. The van der Waals surface area contributed by atoms with Crippen LogP contribution in [0.5, 0.6) is 0 Å². The molecular weight excluding hydrogens is 276 g/mol. The molecule has 0 radical (unpaired) electrons. The van der Waals surface area contributed by atoms with Gasteiger partial charge in [-0.1, -0.05) is 19.8 Å². The molecule has 122 valence electrons. The lowest BCUT2D eigenvalue weighted by Gasteiger charge is -2.29. The fourth-order valence-electron chi connectivity index (χ4n) is 2.89. The van der Waals surface area contributed by atoms with E-state index in [1.807, 2.05) is 12.1 Å². The first-order valence-corrected chi connectivity index (χ1v) is 8.47. The summed E-state index contributed by atoms with van der Waals surface area (Å²) >= 11 is 0. The van der Waals surface area contributed by atoms with Crippen molar-refractivity contribution in [2.45, 2.75) is 51.5 Å². The Morgan fingerprint density at radius 3 is 2.86 bits per heavy atom. The van der Waals surface area contributed by atoms with Crippen molar-refractivity contribution in [1.29, 1.82) is 0 Å². The molecule has 1 atom stereocenters. The Balaban J connectivity index is 2.08. The second kappa shape index (κ2) is 8.73. The van der Waals surface area contributed by atoms with Crippen molar-refractivity contribution in [1.82, 2.24) is 10.3 Å². The molecule has 1 aromatic rings. The molecular formula is C17H28N4O. The van der Waals surface area contributed by atoms with E-state index in [0.717, 1.165) is 38.2 Å². The van der Waals surface area contributed by atoms with E-state index >= 15 is 0 Å². The van der Waals surface area contributed by atoms with Crippen LogP contribution >= 0.6 is 0 Å². The van der Waals surface area contributed by atoms with Gasteiger partial charge in [-0.15, -0.1) is 0 Å². The summed E-state index contributed by atoms with van der Waals surface area (Å²) in [5.74, 6) is 0.756. The number of carbonyl (C=O) groups excluding carboxylic acids is 1. The molecule has 1 aliphatic rings. The fourth-order valence-corrected chi connectivity index (χ4v) is 2.89. The number of rotatable bonds is 7. The maximum atomic E-state index is 12.6. The van der Waals surface area contributed by atoms with Crippen LogP contribution < -0.4 is 16.0 Å². The number of nitrogens with zero attached hydrogens (tertiary/aromatic N) is 2. The molecule has 1 amide bonds. The first kappa shape index (κ1) is 16.7. The Bertz CT molecular complexity index is 471. The predicted octanol–water partition coefficient (Wildman–Crippen LogP) is 2.32. The van der Waals surface area contributed by atoms with E-state index in [1.54, 1.807) is 6.20 Å². The van der Waals surface area contributed by atoms with Crippen molar-refractivity contribution >= 4 is 11.7 Å². The smallest absolute Gasteiger partial charge is 0.255 e. The van der Waals surface area contributed by atoms with E-state index < -0.39 is 0 Å². The molecule has 1 unspecified atom stereocenters. The molecule has 0 saturated carbocycles. The number of pyridine rings is 1. The number of nitrogens with one attached hydrogen (secondary N) is 1. The first-order chi connectivity index (χ1) is 10.8. The predicted molar refractivity (Wildman–Crippen MR) is 90.1 cm³/mol. The van der Waals surface area contributed by atoms with Crippen LogP contribution in [0.4, 0.5) is 5.82 Å². The number of hydrogen-bond donors (Lipinski definition) is 2. The number of carbonyl (C=O) groups is 1. The van der Waals surface area contributed by atoms with Crippen LogP contribution in [0.15, 0.2) is 18.3 Å². The van der Waals surface area contributed by atoms with E-state index in [9.17, 15) is 4.79 Å². The van der Waals surface area contributed by atoms with Gasteiger partial charge in [0.15, 0.2) is 0 Å². The van der Waals surface area contributed by atoms with Crippen LogP contribution in [0.25, 0.3) is 0 Å². The van der Waals surface area contributed by atoms with Crippen molar-refractivity contribution in [2.24, 2.45) is 5.73 Å². The van der Waals surface area contributed by atoms with Crippen LogP contribution in [-0.4, -0.2) is 36.6 Å². The summed E-state index contributed by atoms with van der Waals surface area (Å²) in [5, 5.41) is 3.07. The molecule has 3 N–H and O–H groups in total. The Morgan fingerprint density at radius 2 is 2.18 bits per heavy atom. The number of hydrogen-bond acceptors (Lipinski definition) is 4. The third kappa shape index (κ3) is 4.44. The summed E-state index contributed by atoms with van der Waals surface area (Å²) in [4.78, 5) is 19.3. The standard InChI is InChI=1S/C17H28N4O/c1-2-3-8-14(13-18)20-17(22)15-9-7-10-19-16(15)21-11-5-4-6-12-21/h7,9-10,14H,2-6,8,11-13,18H2,1H3,(H,20,22). The number of anilines is 1. The van der Waals surface area contributed by atoms with Gasteiger partial charge in [-0.05, 0) is 37.8 Å². The monoisotopic (exact) mass is 304 g/mol. The quantitative estimate of drug-likeness (QED) is 0.811. The van der Waals surface area contributed by atoms with E-state index in [-0.39, 0.29) is 11.9 Å². The minimum absolute atomic E-state index is 0.0434. The molecule has 0 bridgehead atoms. The maximum Gasteiger partial charge on any atom is 0.255 e. The number of aromatic nitrogens is 1. The van der Waals surface area contributed by atoms with Crippen LogP contribution in [0.3, 0.4) is 0 Å². The van der Waals surface area contributed by atoms with E-state index in [0.29, 0.717) is 12.1 Å². The summed E-state index contributed by atoms with van der Waals surface area (Å²) in [6, 6.07) is 3.73. The van der Waals surface area contributed by atoms with Crippen LogP contribution in [0.1, 0.15) is 55.8 Å². The van der Waals surface area contributed by atoms with Gasteiger partial charge in [-0.3, -0.25) is 4.79 Å². The van der Waals surface area contributed by atoms with Gasteiger partial charge < -0.3 is 16.0 Å². The second-order valence-corrected chi connectivity index (χ2v) is 5.97. The van der Waals surface area contributed by atoms with E-state index in [1.165, 1.54) is 19.3 Å². The largest absolute Gasteiger partial charge is 0.356 e. The van der Waals surface area contributed by atoms with Gasteiger partial charge in [0.25, 0.3) is 5.91 Å². The highest BCUT2D eigenvalue weighted by atomic mass is 16.1. The van der Waals surface area contributed by atoms with Gasteiger partial charge in [-0.2, -0.15) is 0 Å². The second-order valence-electron chi connectivity index (χ2n) is 5.97. The van der Waals surface area contributed by atoms with Gasteiger partial charge in [0.1, 0.15) is 5.82 Å². The number of piperidine rings is 1. The summed E-state index contributed by atoms with van der Waals surface area (Å²) in [7, 11) is 0. The molecule has 5 heteroatoms. The molecule has 1 fully saturated rings. The lowest BCUT2D eigenvalue weighted by molar-refractivity contribution is 0.0936. The van der Waals surface area contributed by atoms with E-state index in [4.69, 9.17) is 5.73 Å². The van der Waals surface area contributed by atoms with Crippen molar-refractivity contribution in [2.75, 3.05) is 24.5 Å². The molecule has 0 aromatic carbocycles. The minimum atomic E-state index is -0.0553. The Kier molecular flexibility index (Phi) is 6.65. The Morgan fingerprint density at radius 1 is 1.41 bits per heavy atom. The maximum absolute atomic E-state index is 12.6. The third-order valence-electron chi connectivity index (χ3n) is 4.21. The Hall–Kier alpha value is -1.62. The third-order valence-corrected chi connectivity index (χ3v) is 4.21. The summed E-state index contributed by atoms with van der Waals surface area (Å²) in [6.07, 6.45) is 8.47. The van der Waals surface area contributed by atoms with Crippen molar-refractivity contribution in [3.63, 3.8) is 0 Å². The molecule has 5 nitrogen and oxygen atoms in total. The highest BCUT2D eigenvalue weighted by Crippen LogP contribution is 2.21. The van der Waals surface area contributed by atoms with Crippen LogP contribution in [0, 0.1) is 0 Å². The van der Waals surface area contributed by atoms with Crippen LogP contribution in [0.2, 0.25) is 0 Å². The number of unbranched alkanes of at least 4 members (excludes halogenated alkanes) is 1. The van der Waals surface area contributed by atoms with Crippen molar-refractivity contribution in [3.05, 3.63) is 23.9 Å². The zero-order chi connectivity index (χ0) is 15.8. The molecule has 1 aromatic heterocycles. The lowest BCUT2D eigenvalue weighted by Crippen LogP contribution is -2.41. The molecule has 2 rings (SSSR count). The average molecular weight is 304 g/mol. The molecule has 0 spiro atoms. The summed E-state index contributed by atoms with van der Waals surface area (Å²) in [5.41, 5.74) is 6.45. The molecule has 0 aliphatic carbocycles. The molecule has 1 aliphatic heterocycles. The van der Waals surface area contributed by atoms with Gasteiger partial charge in [0, 0.05) is 31.9 Å². The van der Waals surface area contributed by atoms with Gasteiger partial charge >= 0.3 is 0 Å². The van der Waals surface area contributed by atoms with Gasteiger partial charge in [0.2, 0.25) is 0 Å². The zero-order valence-electron chi connectivity index (χ0n) is 13.6. The lowest BCUT2D eigenvalue weighted by atomic mass is 10.1. The number of nitrogens with two attached hydrogens (primary N) is 1. The summed E-state index contributed by atoms with van der Waals surface area (Å²) < 4.78 is 0. The molecule has 1 saturated heterocycles. The SMILES string of the molecule is CCCCC(CN)NC(=O)c1cccnc1N1CCCCC1. The zero-order valence-corrected chi connectivity index (χ0v) is 13.6. The highest BCUT2D eigenvalue weighted by Gasteiger charge is 2.21. The normalized spacial score (nSPS) is 16.4. The fraction of sp³-hybridized carbons (Fsp3) is 0.647. The van der Waals surface area contributed by atoms with Crippen molar-refractivity contribution < 1.29 is 4.79 Å². The minimum Gasteiger partial charge on any atom is -0.356 e.